The number of hydroxylamine groups is 3. The number of nitrogens with zero attached hydrogens (tertiary/aromatic N) is 1. The lowest BCUT2D eigenvalue weighted by Crippen LogP contribution is -2.32. The van der Waals surface area contributed by atoms with E-state index in [4.69, 9.17) is 0 Å². The molecule has 0 radical (unpaired) electrons. The molecule has 0 fully saturated rings. The van der Waals surface area contributed by atoms with Crippen molar-refractivity contribution in [3.05, 3.63) is 17.4 Å². The van der Waals surface area contributed by atoms with E-state index in [-0.39, 0.29) is 4.65 Å². The fourth-order valence-electron chi connectivity index (χ4n) is 1.57. The Morgan fingerprint density at radius 1 is 0.933 bits per heavy atom. The topological polar surface area (TPSA) is 23.1 Å². The van der Waals surface area contributed by atoms with Gasteiger partial charge in [-0.15, -0.1) is 0 Å². The van der Waals surface area contributed by atoms with Gasteiger partial charge in [0.05, 0.1) is 20.6 Å². The highest BCUT2D eigenvalue weighted by molar-refractivity contribution is 4.79. The molecule has 0 atom stereocenters. The second kappa shape index (κ2) is 8.93. The van der Waals surface area contributed by atoms with Gasteiger partial charge in [0.15, 0.2) is 0 Å². The van der Waals surface area contributed by atoms with Crippen molar-refractivity contribution in [2.45, 2.75) is 51.9 Å². The molecule has 0 bridgehead atoms. The average Bonchev–Trinajstić information content (AvgIpc) is 2.14. The third-order valence-electron chi connectivity index (χ3n) is 2.47. The lowest BCUT2D eigenvalue weighted by Gasteiger charge is -2.33. The minimum absolute atomic E-state index is 0.140. The van der Waals surface area contributed by atoms with Gasteiger partial charge >= 0.3 is 0 Å². The van der Waals surface area contributed by atoms with Crippen LogP contribution in [0.25, 0.3) is 0 Å². The molecule has 0 aliphatic rings. The molecule has 90 valence electrons. The molecule has 0 aliphatic carbocycles. The van der Waals surface area contributed by atoms with Gasteiger partial charge in [-0.25, -0.2) is 0 Å². The van der Waals surface area contributed by atoms with Gasteiger partial charge in [-0.05, 0) is 32.1 Å². The summed E-state index contributed by atoms with van der Waals surface area (Å²) in [6.07, 6.45) is 13.0. The highest BCUT2D eigenvalue weighted by atomic mass is 16.5. The summed E-state index contributed by atoms with van der Waals surface area (Å²) in [5, 5.41) is 11.2. The minimum Gasteiger partial charge on any atom is -0.633 e. The Morgan fingerprint density at radius 2 is 1.53 bits per heavy atom. The highest BCUT2D eigenvalue weighted by Gasteiger charge is 2.00. The third kappa shape index (κ3) is 13.7. The van der Waals surface area contributed by atoms with E-state index < -0.39 is 0 Å². The molecule has 0 N–H and O–H groups in total. The van der Waals surface area contributed by atoms with Gasteiger partial charge < -0.3 is 9.85 Å². The van der Waals surface area contributed by atoms with Crippen molar-refractivity contribution in [2.75, 3.05) is 20.6 Å². The fourth-order valence-corrected chi connectivity index (χ4v) is 1.57. The van der Waals surface area contributed by atoms with E-state index >= 15 is 0 Å². The van der Waals surface area contributed by atoms with Gasteiger partial charge in [-0.2, -0.15) is 0 Å². The molecule has 0 unspecified atom stereocenters. The van der Waals surface area contributed by atoms with Crippen molar-refractivity contribution in [1.29, 1.82) is 0 Å². The summed E-state index contributed by atoms with van der Waals surface area (Å²) >= 11 is 0. The second-order valence-corrected chi connectivity index (χ2v) is 4.73. The summed E-state index contributed by atoms with van der Waals surface area (Å²) in [7, 11) is 3.44. The van der Waals surface area contributed by atoms with Crippen LogP contribution in [0.4, 0.5) is 0 Å². The Hall–Kier alpha value is -0.340. The number of rotatable bonds is 9. The summed E-state index contributed by atoms with van der Waals surface area (Å²) in [6.45, 7) is 2.93. The Bertz CT molecular complexity index is 158. The number of allylic oxidation sites excluding steroid dienone is 2. The van der Waals surface area contributed by atoms with Crippen LogP contribution in [0.3, 0.4) is 0 Å². The third-order valence-corrected chi connectivity index (χ3v) is 2.47. The Labute approximate surface area is 95.1 Å². The van der Waals surface area contributed by atoms with Crippen LogP contribution < -0.4 is 0 Å². The molecule has 0 saturated carbocycles. The molecule has 0 spiro atoms. The lowest BCUT2D eigenvalue weighted by atomic mass is 10.1. The van der Waals surface area contributed by atoms with Crippen LogP contribution in [0.15, 0.2) is 12.2 Å². The Kier molecular flexibility index (Phi) is 8.73. The minimum atomic E-state index is -0.140. The first-order chi connectivity index (χ1) is 7.06. The first kappa shape index (κ1) is 14.7. The zero-order chi connectivity index (χ0) is 11.6. The SMILES string of the molecule is CC/C=C\CCCCCCC[N+](C)(C)[O-]. The van der Waals surface area contributed by atoms with Gasteiger partial charge in [-0.3, -0.25) is 0 Å². The maximum atomic E-state index is 11.2. The van der Waals surface area contributed by atoms with E-state index in [9.17, 15) is 5.21 Å². The molecule has 0 saturated heterocycles. The maximum Gasteiger partial charge on any atom is 0.0779 e. The molecule has 0 aromatic rings. The molecule has 2 heteroatoms. The predicted molar refractivity (Wildman–Crippen MR) is 67.5 cm³/mol. The molecule has 0 heterocycles. The van der Waals surface area contributed by atoms with Crippen molar-refractivity contribution < 1.29 is 4.65 Å². The van der Waals surface area contributed by atoms with Crippen molar-refractivity contribution in [3.63, 3.8) is 0 Å². The molecule has 2 nitrogen and oxygen atoms in total. The zero-order valence-corrected chi connectivity index (χ0v) is 10.7. The van der Waals surface area contributed by atoms with Gasteiger partial charge in [0, 0.05) is 0 Å². The van der Waals surface area contributed by atoms with Crippen molar-refractivity contribution in [2.24, 2.45) is 0 Å². The number of unbranched alkanes of at least 4 members (excludes halogenated alkanes) is 5. The molecule has 0 aliphatic heterocycles. The van der Waals surface area contributed by atoms with Crippen LogP contribution in [-0.4, -0.2) is 25.3 Å². The Balaban J connectivity index is 3.09. The molecule has 0 aromatic heterocycles. The highest BCUT2D eigenvalue weighted by Crippen LogP contribution is 2.07. The van der Waals surface area contributed by atoms with Crippen LogP contribution in [0.1, 0.15) is 51.9 Å². The zero-order valence-electron chi connectivity index (χ0n) is 10.7. The van der Waals surface area contributed by atoms with Crippen LogP contribution >= 0.6 is 0 Å². The molecule has 0 amide bonds. The normalized spacial score (nSPS) is 12.5. The summed E-state index contributed by atoms with van der Waals surface area (Å²) in [4.78, 5) is 0. The van der Waals surface area contributed by atoms with Gasteiger partial charge in [-0.1, -0.05) is 31.9 Å². The standard InChI is InChI=1S/C13H27NO/c1-4-5-6-7-8-9-10-11-12-13-14(2,3)15/h5-6H,4,7-13H2,1-3H3/b6-5-. The summed E-state index contributed by atoms with van der Waals surface area (Å²) in [5.74, 6) is 0. The lowest BCUT2D eigenvalue weighted by molar-refractivity contribution is -0.840. The number of hydrogen-bond acceptors (Lipinski definition) is 1. The molecular weight excluding hydrogens is 186 g/mol. The molecule has 0 rings (SSSR count). The van der Waals surface area contributed by atoms with E-state index in [0.717, 1.165) is 19.4 Å². The maximum absolute atomic E-state index is 11.2. The number of hydrogen-bond donors (Lipinski definition) is 0. The smallest absolute Gasteiger partial charge is 0.0779 e. The van der Waals surface area contributed by atoms with Crippen LogP contribution in [0.2, 0.25) is 0 Å². The summed E-state index contributed by atoms with van der Waals surface area (Å²) in [6, 6.07) is 0. The van der Waals surface area contributed by atoms with Crippen LogP contribution in [0.5, 0.6) is 0 Å². The predicted octanol–water partition coefficient (Wildman–Crippen LogP) is 3.87. The van der Waals surface area contributed by atoms with E-state index in [1.54, 1.807) is 14.1 Å². The molecule has 15 heavy (non-hydrogen) atoms. The second-order valence-electron chi connectivity index (χ2n) is 4.73. The summed E-state index contributed by atoms with van der Waals surface area (Å²) < 4.78 is -0.140. The van der Waals surface area contributed by atoms with E-state index in [2.05, 4.69) is 19.1 Å². The quantitative estimate of drug-likeness (QED) is 0.247. The van der Waals surface area contributed by atoms with Crippen LogP contribution in [0, 0.1) is 5.21 Å². The van der Waals surface area contributed by atoms with Crippen molar-refractivity contribution >= 4 is 0 Å². The molecular formula is C13H27NO. The average molecular weight is 213 g/mol. The van der Waals surface area contributed by atoms with E-state index in [1.807, 2.05) is 0 Å². The first-order valence-corrected chi connectivity index (χ1v) is 6.25. The monoisotopic (exact) mass is 213 g/mol. The van der Waals surface area contributed by atoms with Crippen molar-refractivity contribution in [3.8, 4) is 0 Å². The van der Waals surface area contributed by atoms with E-state index in [0.29, 0.717) is 0 Å². The van der Waals surface area contributed by atoms with Gasteiger partial charge in [0.2, 0.25) is 0 Å². The van der Waals surface area contributed by atoms with Crippen LogP contribution in [-0.2, 0) is 0 Å². The van der Waals surface area contributed by atoms with Crippen molar-refractivity contribution in [1.82, 2.24) is 0 Å². The summed E-state index contributed by atoms with van der Waals surface area (Å²) in [5.41, 5.74) is 0. The van der Waals surface area contributed by atoms with Gasteiger partial charge in [0.1, 0.15) is 0 Å². The van der Waals surface area contributed by atoms with Gasteiger partial charge in [0.25, 0.3) is 0 Å². The molecule has 0 aromatic carbocycles. The number of quaternary nitrogens is 1. The largest absolute Gasteiger partial charge is 0.633 e. The van der Waals surface area contributed by atoms with E-state index in [1.165, 1.54) is 32.1 Å². The first-order valence-electron chi connectivity index (χ1n) is 6.25. The Morgan fingerprint density at radius 3 is 2.13 bits per heavy atom. The fraction of sp³-hybridized carbons (Fsp3) is 0.846.